The van der Waals surface area contributed by atoms with Crippen LogP contribution in [-0.4, -0.2) is 105 Å². The van der Waals surface area contributed by atoms with Crippen molar-refractivity contribution < 1.29 is 14.2 Å². The third kappa shape index (κ3) is 6.46. The number of nitrogens with zero attached hydrogens (tertiary/aromatic N) is 6. The molecular formula is C32H45N7O3. The normalized spacial score (nSPS) is 23.6. The van der Waals surface area contributed by atoms with E-state index in [0.29, 0.717) is 30.9 Å². The average Bonchev–Trinajstić information content (AvgIpc) is 3.42. The van der Waals surface area contributed by atoms with Gasteiger partial charge in [0.05, 0.1) is 43.6 Å². The summed E-state index contributed by atoms with van der Waals surface area (Å²) in [5.74, 6) is 2.53. The average molecular weight is 576 g/mol. The summed E-state index contributed by atoms with van der Waals surface area (Å²) >= 11 is 0. The van der Waals surface area contributed by atoms with Crippen LogP contribution < -0.4 is 19.9 Å². The molecule has 3 unspecified atom stereocenters. The summed E-state index contributed by atoms with van der Waals surface area (Å²) in [7, 11) is 3.97. The Morgan fingerprint density at radius 1 is 0.976 bits per heavy atom. The quantitative estimate of drug-likeness (QED) is 0.381. The van der Waals surface area contributed by atoms with E-state index in [1.807, 2.05) is 6.07 Å². The van der Waals surface area contributed by atoms with Gasteiger partial charge >= 0.3 is 0 Å². The number of hydrogen-bond donors (Lipinski definition) is 1. The first-order chi connectivity index (χ1) is 20.5. The number of ether oxygens (including phenoxy) is 3. The molecule has 1 N–H and O–H groups in total. The van der Waals surface area contributed by atoms with Gasteiger partial charge in [-0.05, 0) is 83.6 Å². The van der Waals surface area contributed by atoms with E-state index >= 15 is 0 Å². The maximum absolute atomic E-state index is 5.99. The molecule has 6 rings (SSSR count). The molecule has 0 aliphatic carbocycles. The summed E-state index contributed by atoms with van der Waals surface area (Å²) in [4.78, 5) is 22.2. The summed E-state index contributed by atoms with van der Waals surface area (Å²) in [5.41, 5.74) is 3.78. The van der Waals surface area contributed by atoms with E-state index in [9.17, 15) is 0 Å². The van der Waals surface area contributed by atoms with E-state index < -0.39 is 0 Å². The van der Waals surface area contributed by atoms with Crippen molar-refractivity contribution in [2.75, 3.05) is 76.4 Å². The lowest BCUT2D eigenvalue weighted by Crippen LogP contribution is -2.46. The predicted molar refractivity (Wildman–Crippen MR) is 167 cm³/mol. The van der Waals surface area contributed by atoms with Crippen LogP contribution in [-0.2, 0) is 16.0 Å². The Hall–Kier alpha value is -3.05. The zero-order chi connectivity index (χ0) is 29.1. The summed E-state index contributed by atoms with van der Waals surface area (Å²) in [5, 5.41) is 4.61. The first kappa shape index (κ1) is 29.0. The molecule has 3 atom stereocenters. The van der Waals surface area contributed by atoms with Crippen LogP contribution in [0.15, 0.2) is 30.3 Å². The Labute approximate surface area is 249 Å². The molecule has 0 radical (unpaired) electrons. The molecule has 3 fully saturated rings. The summed E-state index contributed by atoms with van der Waals surface area (Å²) in [6.45, 7) is 11.7. The zero-order valence-electron chi connectivity index (χ0n) is 25.5. The first-order valence-corrected chi connectivity index (χ1v) is 15.5. The van der Waals surface area contributed by atoms with Crippen LogP contribution in [0.4, 0.5) is 11.8 Å². The molecule has 2 aromatic heterocycles. The van der Waals surface area contributed by atoms with Crippen LogP contribution in [0.25, 0.3) is 22.3 Å². The fraction of sp³-hybridized carbons (Fsp3) is 0.594. The number of aromatic nitrogens is 3. The molecule has 0 saturated carbocycles. The Morgan fingerprint density at radius 3 is 2.52 bits per heavy atom. The van der Waals surface area contributed by atoms with E-state index in [0.717, 1.165) is 73.0 Å². The van der Waals surface area contributed by atoms with Crippen molar-refractivity contribution in [1.29, 1.82) is 0 Å². The molecule has 3 aromatic rings. The number of rotatable bonds is 9. The van der Waals surface area contributed by atoms with E-state index in [4.69, 9.17) is 29.2 Å². The highest BCUT2D eigenvalue weighted by atomic mass is 16.5. The number of anilines is 2. The van der Waals surface area contributed by atoms with Crippen molar-refractivity contribution >= 4 is 22.8 Å². The molecule has 5 heterocycles. The number of fused-ring (bicyclic) bond motifs is 1. The number of methoxy groups -OCH3 is 1. The van der Waals surface area contributed by atoms with Gasteiger partial charge in [-0.25, -0.2) is 4.98 Å². The van der Waals surface area contributed by atoms with Gasteiger partial charge in [-0.3, -0.25) is 0 Å². The van der Waals surface area contributed by atoms with Gasteiger partial charge in [0.2, 0.25) is 5.95 Å². The molecular weight excluding hydrogens is 530 g/mol. The fourth-order valence-electron chi connectivity index (χ4n) is 6.55. The summed E-state index contributed by atoms with van der Waals surface area (Å²) in [6.07, 6.45) is 4.00. The van der Waals surface area contributed by atoms with Gasteiger partial charge in [0, 0.05) is 49.9 Å². The summed E-state index contributed by atoms with van der Waals surface area (Å²) < 4.78 is 17.3. The Balaban J connectivity index is 1.28. The molecule has 0 bridgehead atoms. The second-order valence-corrected chi connectivity index (χ2v) is 11.9. The van der Waals surface area contributed by atoms with E-state index in [1.54, 1.807) is 7.11 Å². The van der Waals surface area contributed by atoms with Crippen LogP contribution >= 0.6 is 0 Å². The van der Waals surface area contributed by atoms with Gasteiger partial charge in [0.15, 0.2) is 5.65 Å². The van der Waals surface area contributed by atoms with E-state index in [1.165, 1.54) is 25.8 Å². The SMILES string of the molecule is COc1ccc(-c2ccc3c(N4CCOCC4)nc(N4CC(C)OC(C)C4)nc3n2)cc1CNCCC1CCCN1C. The second-order valence-electron chi connectivity index (χ2n) is 11.9. The van der Waals surface area contributed by atoms with Crippen LogP contribution in [0, 0.1) is 0 Å². The highest BCUT2D eigenvalue weighted by Gasteiger charge is 2.27. The molecule has 10 heteroatoms. The minimum atomic E-state index is 0.115. The fourth-order valence-corrected chi connectivity index (χ4v) is 6.55. The van der Waals surface area contributed by atoms with Gasteiger partial charge in [0.1, 0.15) is 11.6 Å². The lowest BCUT2D eigenvalue weighted by atomic mass is 10.1. The second kappa shape index (κ2) is 13.1. The summed E-state index contributed by atoms with van der Waals surface area (Å²) in [6, 6.07) is 11.2. The standard InChI is InChI=1S/C32H45N7O3/c1-22-20-39(21-23(2)42-22)32-35-30-27(31(36-32)38-14-16-41-17-15-38)8-9-28(34-30)24-7-10-29(40-4)25(18-24)19-33-12-11-26-6-5-13-37(26)3/h7-10,18,22-23,26,33H,5-6,11-17,19-21H2,1-4H3. The number of morpholine rings is 2. The van der Waals surface area contributed by atoms with Crippen molar-refractivity contribution in [2.24, 2.45) is 0 Å². The van der Waals surface area contributed by atoms with E-state index in [2.05, 4.69) is 65.2 Å². The third-order valence-electron chi connectivity index (χ3n) is 8.76. The van der Waals surface area contributed by atoms with Crippen molar-refractivity contribution in [3.63, 3.8) is 0 Å². The maximum Gasteiger partial charge on any atom is 0.229 e. The number of benzene rings is 1. The molecule has 3 aliphatic rings. The highest BCUT2D eigenvalue weighted by molar-refractivity contribution is 5.90. The predicted octanol–water partition coefficient (Wildman–Crippen LogP) is 3.72. The first-order valence-electron chi connectivity index (χ1n) is 15.5. The number of hydrogen-bond acceptors (Lipinski definition) is 10. The molecule has 0 spiro atoms. The van der Waals surface area contributed by atoms with Crippen molar-refractivity contribution in [3.8, 4) is 17.0 Å². The molecule has 3 aliphatic heterocycles. The van der Waals surface area contributed by atoms with Gasteiger partial charge in [-0.1, -0.05) is 0 Å². The smallest absolute Gasteiger partial charge is 0.229 e. The van der Waals surface area contributed by atoms with Crippen LogP contribution in [0.3, 0.4) is 0 Å². The van der Waals surface area contributed by atoms with Crippen molar-refractivity contribution in [3.05, 3.63) is 35.9 Å². The molecule has 1 aromatic carbocycles. The Kier molecular flexibility index (Phi) is 9.04. The van der Waals surface area contributed by atoms with Gasteiger partial charge < -0.3 is 34.2 Å². The molecule has 226 valence electrons. The van der Waals surface area contributed by atoms with Crippen molar-refractivity contribution in [2.45, 2.75) is 57.9 Å². The largest absolute Gasteiger partial charge is 0.496 e. The monoisotopic (exact) mass is 575 g/mol. The molecule has 3 saturated heterocycles. The lowest BCUT2D eigenvalue weighted by Gasteiger charge is -2.36. The third-order valence-corrected chi connectivity index (χ3v) is 8.76. The lowest BCUT2D eigenvalue weighted by molar-refractivity contribution is -0.00570. The van der Waals surface area contributed by atoms with Crippen LogP contribution in [0.2, 0.25) is 0 Å². The van der Waals surface area contributed by atoms with Gasteiger partial charge in [0.25, 0.3) is 0 Å². The van der Waals surface area contributed by atoms with Crippen molar-refractivity contribution in [1.82, 2.24) is 25.2 Å². The molecule has 42 heavy (non-hydrogen) atoms. The number of likely N-dealkylation sites (tertiary alicyclic amines) is 1. The number of nitrogens with one attached hydrogen (secondary N) is 1. The number of pyridine rings is 1. The Bertz CT molecular complexity index is 1360. The minimum absolute atomic E-state index is 0.115. The van der Waals surface area contributed by atoms with Crippen LogP contribution in [0.1, 0.15) is 38.7 Å². The molecule has 10 nitrogen and oxygen atoms in total. The van der Waals surface area contributed by atoms with Crippen LogP contribution in [0.5, 0.6) is 5.75 Å². The zero-order valence-corrected chi connectivity index (χ0v) is 25.5. The minimum Gasteiger partial charge on any atom is -0.496 e. The van der Waals surface area contributed by atoms with Gasteiger partial charge in [-0.15, -0.1) is 0 Å². The molecule has 0 amide bonds. The Morgan fingerprint density at radius 2 is 1.79 bits per heavy atom. The van der Waals surface area contributed by atoms with Gasteiger partial charge in [-0.2, -0.15) is 9.97 Å². The maximum atomic E-state index is 5.99. The van der Waals surface area contributed by atoms with E-state index in [-0.39, 0.29) is 12.2 Å². The highest BCUT2D eigenvalue weighted by Crippen LogP contribution is 2.31. The topological polar surface area (TPSA) is 88.1 Å².